The number of hydrogen-bond donors (Lipinski definition) is 0. The van der Waals surface area contributed by atoms with Crippen molar-refractivity contribution < 1.29 is 12.6 Å². The summed E-state index contributed by atoms with van der Waals surface area (Å²) in [5, 5.41) is 0. The number of fused-ring (bicyclic) bond motifs is 10. The summed E-state index contributed by atoms with van der Waals surface area (Å²) in [6.07, 6.45) is 32.6. The molecule has 0 aliphatic heterocycles. The lowest BCUT2D eigenvalue weighted by molar-refractivity contribution is -0.0581. The van der Waals surface area contributed by atoms with E-state index in [9.17, 15) is 4.21 Å². The topological polar surface area (TPSA) is 35.5 Å². The summed E-state index contributed by atoms with van der Waals surface area (Å²) in [5.74, 6) is 10.3. The molecule has 324 valence electrons. The van der Waals surface area contributed by atoms with E-state index in [1.807, 2.05) is 0 Å². The molecule has 17 unspecified atom stereocenters. The third kappa shape index (κ3) is 7.84. The molecule has 6 fully saturated rings. The second-order valence-corrected chi connectivity index (χ2v) is 25.1. The number of rotatable bonds is 13. The van der Waals surface area contributed by atoms with E-state index >= 15 is 0 Å². The van der Waals surface area contributed by atoms with E-state index in [0.29, 0.717) is 10.8 Å². The van der Waals surface area contributed by atoms with Crippen LogP contribution in [0.5, 0.6) is 0 Å². The van der Waals surface area contributed by atoms with Gasteiger partial charge < -0.3 is 0 Å². The summed E-state index contributed by atoms with van der Waals surface area (Å²) >= 11 is -1.68. The van der Waals surface area contributed by atoms with Crippen molar-refractivity contribution in [3.05, 3.63) is 23.3 Å². The highest BCUT2D eigenvalue weighted by Crippen LogP contribution is 2.69. The molecule has 4 heteroatoms. The molecule has 0 spiro atoms. The Morgan fingerprint density at radius 1 is 0.561 bits per heavy atom. The second-order valence-electron chi connectivity index (χ2n) is 24.4. The van der Waals surface area contributed by atoms with Crippen LogP contribution >= 0.6 is 0 Å². The summed E-state index contributed by atoms with van der Waals surface area (Å²) < 4.78 is 26.3. The van der Waals surface area contributed by atoms with Gasteiger partial charge in [0, 0.05) is 0 Å². The van der Waals surface area contributed by atoms with Crippen molar-refractivity contribution in [3.63, 3.8) is 0 Å². The predicted octanol–water partition coefficient (Wildman–Crippen LogP) is 15.0. The summed E-state index contributed by atoms with van der Waals surface area (Å²) in [7, 11) is 0. The highest BCUT2D eigenvalue weighted by atomic mass is 32.2. The van der Waals surface area contributed by atoms with E-state index in [1.165, 1.54) is 109 Å². The molecule has 0 saturated heterocycles. The minimum atomic E-state index is -1.68. The van der Waals surface area contributed by atoms with Gasteiger partial charge in [-0.25, -0.2) is 0 Å². The van der Waals surface area contributed by atoms with Crippen molar-refractivity contribution >= 4 is 11.4 Å². The minimum Gasteiger partial charge on any atom is -0.265 e. The monoisotopic (exact) mass is 805 g/mol. The lowest BCUT2D eigenvalue weighted by Gasteiger charge is -2.58. The lowest BCUT2D eigenvalue weighted by Crippen LogP contribution is -2.51. The van der Waals surface area contributed by atoms with Gasteiger partial charge in [-0.15, -0.1) is 0 Å². The zero-order chi connectivity index (χ0) is 40.5. The molecule has 17 atom stereocenters. The molecule has 8 aliphatic rings. The third-order valence-corrected chi connectivity index (χ3v) is 21.6. The largest absolute Gasteiger partial charge is 0.305 e. The van der Waals surface area contributed by atoms with Crippen LogP contribution in [0.4, 0.5) is 0 Å². The maximum absolute atomic E-state index is 13.6. The Morgan fingerprint density at radius 2 is 1.02 bits per heavy atom. The molecule has 0 aromatic carbocycles. The van der Waals surface area contributed by atoms with Crippen LogP contribution < -0.4 is 0 Å². The Hall–Kier alpha value is -0.450. The van der Waals surface area contributed by atoms with Gasteiger partial charge in [-0.1, -0.05) is 125 Å². The van der Waals surface area contributed by atoms with Crippen molar-refractivity contribution in [2.45, 2.75) is 216 Å². The van der Waals surface area contributed by atoms with Gasteiger partial charge in [0.2, 0.25) is 0 Å². The maximum Gasteiger partial charge on any atom is 0.305 e. The summed E-state index contributed by atoms with van der Waals surface area (Å²) in [6.45, 7) is 25.4. The van der Waals surface area contributed by atoms with Crippen molar-refractivity contribution in [3.8, 4) is 0 Å². The number of hydrogen-bond acceptors (Lipinski definition) is 3. The molecular formula is C53H88O3S. The van der Waals surface area contributed by atoms with Gasteiger partial charge in [0.1, 0.15) is 0 Å². The van der Waals surface area contributed by atoms with Gasteiger partial charge in [0.05, 0.1) is 12.2 Å². The Balaban J connectivity index is 0.843. The third-order valence-electron chi connectivity index (χ3n) is 20.7. The summed E-state index contributed by atoms with van der Waals surface area (Å²) in [6, 6.07) is 0. The van der Waals surface area contributed by atoms with E-state index in [1.54, 1.807) is 11.1 Å². The van der Waals surface area contributed by atoms with Gasteiger partial charge in [-0.05, 0) is 195 Å². The molecule has 0 bridgehead atoms. The van der Waals surface area contributed by atoms with E-state index < -0.39 is 11.4 Å². The molecule has 8 aliphatic carbocycles. The molecule has 6 saturated carbocycles. The SMILES string of the molecule is CC(C)CCCC(C)C1CCC2C3CC=C4CC(OS(=O)OC5CCC6(C)C(=CCC7C6CCC6(C)C(C(C)CCC(C)C)CCC76)C5)CCC4(C)C3CCC12C. The summed E-state index contributed by atoms with van der Waals surface area (Å²) in [5.41, 5.74) is 4.87. The van der Waals surface area contributed by atoms with Crippen molar-refractivity contribution in [2.75, 3.05) is 0 Å². The second kappa shape index (κ2) is 16.7. The Bertz CT molecular complexity index is 1510. The Labute approximate surface area is 354 Å². The fourth-order valence-electron chi connectivity index (χ4n) is 17.5. The highest BCUT2D eigenvalue weighted by Gasteiger charge is 2.61. The zero-order valence-corrected chi connectivity index (χ0v) is 39.5. The van der Waals surface area contributed by atoms with Crippen LogP contribution in [0.3, 0.4) is 0 Å². The van der Waals surface area contributed by atoms with E-state index in [0.717, 1.165) is 96.7 Å². The van der Waals surface area contributed by atoms with Crippen LogP contribution in [0.2, 0.25) is 0 Å². The zero-order valence-electron chi connectivity index (χ0n) is 38.7. The van der Waals surface area contributed by atoms with Gasteiger partial charge >= 0.3 is 11.4 Å². The van der Waals surface area contributed by atoms with Crippen molar-refractivity contribution in [1.82, 2.24) is 0 Å². The Morgan fingerprint density at radius 3 is 1.47 bits per heavy atom. The van der Waals surface area contributed by atoms with Gasteiger partial charge in [0.25, 0.3) is 0 Å². The van der Waals surface area contributed by atoms with Crippen LogP contribution in [0.1, 0.15) is 204 Å². The first-order valence-electron chi connectivity index (χ1n) is 25.2. The first-order chi connectivity index (χ1) is 27.1. The number of allylic oxidation sites excluding steroid dienone is 2. The van der Waals surface area contributed by atoms with Crippen molar-refractivity contribution in [2.24, 2.45) is 92.7 Å². The predicted molar refractivity (Wildman–Crippen MR) is 239 cm³/mol. The van der Waals surface area contributed by atoms with E-state index in [4.69, 9.17) is 8.37 Å². The van der Waals surface area contributed by atoms with E-state index in [-0.39, 0.29) is 23.0 Å². The smallest absolute Gasteiger partial charge is 0.265 e. The lowest BCUT2D eigenvalue weighted by atomic mass is 9.47. The van der Waals surface area contributed by atoms with Crippen LogP contribution in [0.25, 0.3) is 0 Å². The van der Waals surface area contributed by atoms with Crippen LogP contribution in [-0.2, 0) is 19.7 Å². The van der Waals surface area contributed by atoms with Crippen LogP contribution in [-0.4, -0.2) is 16.4 Å². The minimum absolute atomic E-state index is 0.0152. The van der Waals surface area contributed by atoms with Crippen LogP contribution in [0.15, 0.2) is 23.3 Å². The normalized spacial score (nSPS) is 46.8. The molecule has 8 rings (SSSR count). The molecule has 3 nitrogen and oxygen atoms in total. The summed E-state index contributed by atoms with van der Waals surface area (Å²) in [4.78, 5) is 0. The molecule has 57 heavy (non-hydrogen) atoms. The first kappa shape index (κ1) is 43.2. The van der Waals surface area contributed by atoms with Crippen molar-refractivity contribution in [1.29, 1.82) is 0 Å². The quantitative estimate of drug-likeness (QED) is 0.174. The molecular weight excluding hydrogens is 717 g/mol. The molecule has 0 heterocycles. The molecule has 0 amide bonds. The van der Waals surface area contributed by atoms with Gasteiger partial charge in [-0.2, -0.15) is 4.21 Å². The molecule has 0 radical (unpaired) electrons. The Kier molecular flexibility index (Phi) is 12.6. The first-order valence-corrected chi connectivity index (χ1v) is 26.2. The van der Waals surface area contributed by atoms with E-state index in [2.05, 4.69) is 81.4 Å². The molecule has 0 aromatic rings. The van der Waals surface area contributed by atoms with Gasteiger partial charge in [0.15, 0.2) is 0 Å². The fraction of sp³-hybridized carbons (Fsp3) is 0.925. The average Bonchev–Trinajstić information content (AvgIpc) is 3.71. The highest BCUT2D eigenvalue weighted by molar-refractivity contribution is 7.75. The standard InChI is InChI=1S/C53H88O3S/c1-34(2)12-11-13-36(5)44-20-22-46-42-18-16-38-32-40(24-28-50(38,7)48(42)26-30-52(44,46)9)55-57(54)56-41-25-29-51(8)39(33-41)17-19-43-47-23-21-45(37(6)15-14-35(3)4)53(47,10)31-27-49(43)51/h16-17,34-37,40-49H,11-15,18-33H2,1-10H3. The molecule has 0 aromatic heterocycles. The average molecular weight is 805 g/mol. The maximum atomic E-state index is 13.6. The fourth-order valence-corrected chi connectivity index (χ4v) is 18.3. The van der Waals surface area contributed by atoms with Crippen LogP contribution in [0, 0.1) is 92.7 Å². The van der Waals surface area contributed by atoms with Gasteiger partial charge in [-0.3, -0.25) is 8.37 Å². The molecule has 0 N–H and O–H groups in total.